The van der Waals surface area contributed by atoms with Crippen LogP contribution in [0.5, 0.6) is 0 Å². The highest BCUT2D eigenvalue weighted by Gasteiger charge is 2.29. The van der Waals surface area contributed by atoms with E-state index >= 15 is 0 Å². The van der Waals surface area contributed by atoms with Crippen LogP contribution in [-0.2, 0) is 9.47 Å². The molecule has 0 radical (unpaired) electrons. The first-order chi connectivity index (χ1) is 8.28. The Kier molecular flexibility index (Phi) is 3.94. The van der Waals surface area contributed by atoms with Crippen molar-refractivity contribution in [3.8, 4) is 0 Å². The number of nitrogens with zero attached hydrogens (tertiary/aromatic N) is 1. The average molecular weight is 239 g/mol. The molecule has 1 unspecified atom stereocenters. The fraction of sp³-hybridized carbons (Fsp3) is 0.692. The second-order valence-corrected chi connectivity index (χ2v) is 4.49. The maximum absolute atomic E-state index is 9.27. The van der Waals surface area contributed by atoms with Gasteiger partial charge in [0.2, 0.25) is 0 Å². The normalized spacial score (nSPS) is 24.1. The van der Waals surface area contributed by atoms with Crippen LogP contribution < -0.4 is 0 Å². The summed E-state index contributed by atoms with van der Waals surface area (Å²) in [4.78, 5) is 2.34. The molecule has 0 aromatic rings. The van der Waals surface area contributed by atoms with Crippen molar-refractivity contribution >= 4 is 0 Å². The van der Waals surface area contributed by atoms with Gasteiger partial charge in [-0.15, -0.1) is 0 Å². The highest BCUT2D eigenvalue weighted by Crippen LogP contribution is 2.32. The first-order valence-corrected chi connectivity index (χ1v) is 6.26. The lowest BCUT2D eigenvalue weighted by Crippen LogP contribution is -2.41. The van der Waals surface area contributed by atoms with Gasteiger partial charge in [0.1, 0.15) is 11.9 Å². The third-order valence-corrected chi connectivity index (χ3v) is 3.25. The maximum Gasteiger partial charge on any atom is 0.139 e. The van der Waals surface area contributed by atoms with Gasteiger partial charge in [0.15, 0.2) is 0 Å². The Bertz CT molecular complexity index is 336. The molecule has 1 atom stereocenters. The molecule has 96 valence electrons. The van der Waals surface area contributed by atoms with Gasteiger partial charge in [-0.1, -0.05) is 6.92 Å². The Morgan fingerprint density at radius 3 is 3.06 bits per heavy atom. The van der Waals surface area contributed by atoms with Gasteiger partial charge in [-0.25, -0.2) is 0 Å². The molecule has 0 spiro atoms. The van der Waals surface area contributed by atoms with Crippen molar-refractivity contribution in [1.29, 1.82) is 0 Å². The molecule has 0 aromatic heterocycles. The number of allylic oxidation sites excluding steroid dienone is 1. The summed E-state index contributed by atoms with van der Waals surface area (Å²) >= 11 is 0. The molecular weight excluding hydrogens is 218 g/mol. The molecule has 0 bridgehead atoms. The molecule has 1 heterocycles. The minimum atomic E-state index is -0.100. The second kappa shape index (κ2) is 5.45. The SMILES string of the molecule is CCCN1CC(CO)OC2=C1CC=C(OC)C2. The molecule has 1 aliphatic heterocycles. The third-order valence-electron chi connectivity index (χ3n) is 3.25. The molecule has 4 nitrogen and oxygen atoms in total. The molecule has 0 aromatic carbocycles. The molecule has 2 aliphatic rings. The van der Waals surface area contributed by atoms with E-state index < -0.39 is 0 Å². The van der Waals surface area contributed by atoms with E-state index in [0.29, 0.717) is 6.42 Å². The predicted molar refractivity (Wildman–Crippen MR) is 65.2 cm³/mol. The number of hydrogen-bond acceptors (Lipinski definition) is 4. The van der Waals surface area contributed by atoms with Gasteiger partial charge in [-0.2, -0.15) is 0 Å². The van der Waals surface area contributed by atoms with Crippen LogP contribution in [0.15, 0.2) is 23.3 Å². The summed E-state index contributed by atoms with van der Waals surface area (Å²) in [7, 11) is 1.69. The number of aliphatic hydroxyl groups excluding tert-OH is 1. The molecule has 0 fully saturated rings. The zero-order chi connectivity index (χ0) is 12.3. The summed E-state index contributed by atoms with van der Waals surface area (Å²) in [6.45, 7) is 4.06. The molecular formula is C13H21NO3. The predicted octanol–water partition coefficient (Wildman–Crippen LogP) is 1.63. The largest absolute Gasteiger partial charge is 0.501 e. The molecule has 0 saturated carbocycles. The number of hydrogen-bond donors (Lipinski definition) is 1. The van der Waals surface area contributed by atoms with Gasteiger partial charge in [-0.05, 0) is 12.5 Å². The molecule has 0 amide bonds. The van der Waals surface area contributed by atoms with E-state index in [2.05, 4.69) is 17.9 Å². The van der Waals surface area contributed by atoms with Gasteiger partial charge in [0.05, 0.1) is 38.1 Å². The lowest BCUT2D eigenvalue weighted by molar-refractivity contribution is 0.00379. The Morgan fingerprint density at radius 1 is 1.59 bits per heavy atom. The summed E-state index contributed by atoms with van der Waals surface area (Å²) in [6, 6.07) is 0. The van der Waals surface area contributed by atoms with E-state index in [1.807, 2.05) is 0 Å². The first kappa shape index (κ1) is 12.3. The summed E-state index contributed by atoms with van der Waals surface area (Å²) in [5, 5.41) is 9.27. The zero-order valence-electron chi connectivity index (χ0n) is 10.6. The van der Waals surface area contributed by atoms with Gasteiger partial charge >= 0.3 is 0 Å². The third kappa shape index (κ3) is 2.57. The van der Waals surface area contributed by atoms with Crippen LogP contribution in [0.4, 0.5) is 0 Å². The van der Waals surface area contributed by atoms with Crippen LogP contribution in [0.25, 0.3) is 0 Å². The minimum Gasteiger partial charge on any atom is -0.501 e. The van der Waals surface area contributed by atoms with Gasteiger partial charge in [0.25, 0.3) is 0 Å². The topological polar surface area (TPSA) is 41.9 Å². The summed E-state index contributed by atoms with van der Waals surface area (Å²) in [5.74, 6) is 1.93. The summed E-state index contributed by atoms with van der Waals surface area (Å²) < 4.78 is 11.1. The van der Waals surface area contributed by atoms with Gasteiger partial charge in [-0.3, -0.25) is 0 Å². The van der Waals surface area contributed by atoms with Gasteiger partial charge in [0, 0.05) is 13.0 Å². The van der Waals surface area contributed by atoms with Crippen molar-refractivity contribution in [2.24, 2.45) is 0 Å². The van der Waals surface area contributed by atoms with E-state index in [1.54, 1.807) is 7.11 Å². The van der Waals surface area contributed by atoms with E-state index in [1.165, 1.54) is 5.70 Å². The number of methoxy groups -OCH3 is 1. The molecule has 17 heavy (non-hydrogen) atoms. The van der Waals surface area contributed by atoms with E-state index in [-0.39, 0.29) is 12.7 Å². The highest BCUT2D eigenvalue weighted by molar-refractivity contribution is 5.24. The summed E-state index contributed by atoms with van der Waals surface area (Å²) in [5.41, 5.74) is 1.26. The maximum atomic E-state index is 9.27. The van der Waals surface area contributed by atoms with Gasteiger partial charge < -0.3 is 19.5 Å². The molecule has 1 aliphatic carbocycles. The Labute approximate surface area is 103 Å². The van der Waals surface area contributed by atoms with Crippen molar-refractivity contribution in [3.05, 3.63) is 23.3 Å². The summed E-state index contributed by atoms with van der Waals surface area (Å²) in [6.07, 6.45) is 4.70. The fourth-order valence-corrected chi connectivity index (χ4v) is 2.41. The van der Waals surface area contributed by atoms with Crippen molar-refractivity contribution in [3.63, 3.8) is 0 Å². The molecule has 4 heteroatoms. The van der Waals surface area contributed by atoms with E-state index in [0.717, 1.165) is 37.4 Å². The Balaban J connectivity index is 2.14. The lowest BCUT2D eigenvalue weighted by atomic mass is 10.0. The fourth-order valence-electron chi connectivity index (χ4n) is 2.41. The Morgan fingerprint density at radius 2 is 2.41 bits per heavy atom. The number of ether oxygens (including phenoxy) is 2. The van der Waals surface area contributed by atoms with Crippen molar-refractivity contribution in [2.45, 2.75) is 32.3 Å². The van der Waals surface area contributed by atoms with E-state index in [4.69, 9.17) is 9.47 Å². The van der Waals surface area contributed by atoms with Crippen LogP contribution in [0, 0.1) is 0 Å². The number of rotatable bonds is 4. The molecule has 0 saturated heterocycles. The Hall–Kier alpha value is -1.16. The standard InChI is InChI=1S/C13H21NO3/c1-3-6-14-8-11(9-15)17-13-7-10(16-2)4-5-12(13)14/h4,11,15H,3,5-9H2,1-2H3. The minimum absolute atomic E-state index is 0.0724. The number of aliphatic hydroxyl groups is 1. The second-order valence-electron chi connectivity index (χ2n) is 4.49. The van der Waals surface area contributed by atoms with Crippen LogP contribution in [0.1, 0.15) is 26.2 Å². The lowest BCUT2D eigenvalue weighted by Gasteiger charge is -2.39. The quantitative estimate of drug-likeness (QED) is 0.809. The highest BCUT2D eigenvalue weighted by atomic mass is 16.5. The monoisotopic (exact) mass is 239 g/mol. The van der Waals surface area contributed by atoms with E-state index in [9.17, 15) is 5.11 Å². The average Bonchev–Trinajstić information content (AvgIpc) is 2.38. The van der Waals surface area contributed by atoms with Crippen LogP contribution in [-0.4, -0.2) is 42.9 Å². The zero-order valence-corrected chi connectivity index (χ0v) is 10.6. The molecule has 1 N–H and O–H groups in total. The molecule has 2 rings (SSSR count). The van der Waals surface area contributed by atoms with Crippen LogP contribution in [0.3, 0.4) is 0 Å². The van der Waals surface area contributed by atoms with Crippen molar-refractivity contribution in [1.82, 2.24) is 4.90 Å². The van der Waals surface area contributed by atoms with Crippen molar-refractivity contribution < 1.29 is 14.6 Å². The first-order valence-electron chi connectivity index (χ1n) is 6.26. The smallest absolute Gasteiger partial charge is 0.139 e. The van der Waals surface area contributed by atoms with Crippen LogP contribution >= 0.6 is 0 Å². The van der Waals surface area contributed by atoms with Crippen LogP contribution in [0.2, 0.25) is 0 Å². The van der Waals surface area contributed by atoms with Crippen molar-refractivity contribution in [2.75, 3.05) is 26.8 Å².